The van der Waals surface area contributed by atoms with Crippen LogP contribution in [0.3, 0.4) is 0 Å². The standard InChI is InChI=1S/C18H25N5/c1-2-4-17-13-18(6-5-16(17)3-1)22-10-7-21(8-11-22)9-12-23-15-19-14-20-23/h1-4,14-15,18H,5-13H2. The molecular weight excluding hydrogens is 286 g/mol. The molecule has 2 aliphatic rings. The van der Waals surface area contributed by atoms with Gasteiger partial charge in [0.1, 0.15) is 12.7 Å². The molecule has 1 aromatic carbocycles. The molecule has 5 heteroatoms. The second-order valence-electron chi connectivity index (χ2n) is 6.70. The van der Waals surface area contributed by atoms with E-state index in [1.807, 2.05) is 4.68 Å². The lowest BCUT2D eigenvalue weighted by molar-refractivity contribution is 0.0870. The van der Waals surface area contributed by atoms with Gasteiger partial charge in [-0.1, -0.05) is 24.3 Å². The Balaban J connectivity index is 1.27. The summed E-state index contributed by atoms with van der Waals surface area (Å²) in [6.07, 6.45) is 7.20. The summed E-state index contributed by atoms with van der Waals surface area (Å²) in [6.45, 7) is 6.76. The van der Waals surface area contributed by atoms with Gasteiger partial charge in [0.15, 0.2) is 0 Å². The number of rotatable bonds is 4. The second-order valence-corrected chi connectivity index (χ2v) is 6.70. The van der Waals surface area contributed by atoms with Gasteiger partial charge in [-0.3, -0.25) is 14.5 Å². The van der Waals surface area contributed by atoms with Crippen LogP contribution in [-0.2, 0) is 19.4 Å². The fraction of sp³-hybridized carbons (Fsp3) is 0.556. The number of hydrogen-bond acceptors (Lipinski definition) is 4. The lowest BCUT2D eigenvalue weighted by atomic mass is 9.87. The Morgan fingerprint density at radius 2 is 1.83 bits per heavy atom. The molecule has 0 amide bonds. The largest absolute Gasteiger partial charge is 0.299 e. The van der Waals surface area contributed by atoms with Crippen LogP contribution in [0.15, 0.2) is 36.9 Å². The normalized spacial score (nSPS) is 22.9. The molecule has 23 heavy (non-hydrogen) atoms. The van der Waals surface area contributed by atoms with Crippen LogP contribution in [0.1, 0.15) is 17.5 Å². The van der Waals surface area contributed by atoms with E-state index in [4.69, 9.17) is 0 Å². The fourth-order valence-electron chi connectivity index (χ4n) is 3.93. The fourth-order valence-corrected chi connectivity index (χ4v) is 3.93. The molecule has 0 bridgehead atoms. The van der Waals surface area contributed by atoms with Crippen molar-refractivity contribution < 1.29 is 0 Å². The second kappa shape index (κ2) is 6.81. The first kappa shape index (κ1) is 14.8. The van der Waals surface area contributed by atoms with Gasteiger partial charge in [-0.15, -0.1) is 0 Å². The number of aryl methyl sites for hydroxylation is 1. The maximum Gasteiger partial charge on any atom is 0.137 e. The molecule has 0 saturated carbocycles. The molecule has 4 rings (SSSR count). The Morgan fingerprint density at radius 1 is 1.00 bits per heavy atom. The van der Waals surface area contributed by atoms with Crippen LogP contribution in [0.4, 0.5) is 0 Å². The van der Waals surface area contributed by atoms with Gasteiger partial charge in [-0.25, -0.2) is 4.98 Å². The van der Waals surface area contributed by atoms with E-state index in [9.17, 15) is 0 Å². The van der Waals surface area contributed by atoms with E-state index in [1.165, 1.54) is 45.4 Å². The van der Waals surface area contributed by atoms with Crippen molar-refractivity contribution in [2.24, 2.45) is 0 Å². The van der Waals surface area contributed by atoms with Crippen molar-refractivity contribution in [1.82, 2.24) is 24.6 Å². The minimum atomic E-state index is 0.738. The van der Waals surface area contributed by atoms with Crippen LogP contribution in [0, 0.1) is 0 Å². The van der Waals surface area contributed by atoms with Crippen molar-refractivity contribution in [3.63, 3.8) is 0 Å². The summed E-state index contributed by atoms with van der Waals surface area (Å²) in [5.74, 6) is 0. The van der Waals surface area contributed by atoms with Crippen LogP contribution in [0.2, 0.25) is 0 Å². The Morgan fingerprint density at radius 3 is 2.61 bits per heavy atom. The quantitative estimate of drug-likeness (QED) is 0.856. The van der Waals surface area contributed by atoms with Crippen molar-refractivity contribution >= 4 is 0 Å². The number of benzene rings is 1. The predicted molar refractivity (Wildman–Crippen MR) is 90.3 cm³/mol. The van der Waals surface area contributed by atoms with E-state index < -0.39 is 0 Å². The zero-order valence-electron chi connectivity index (χ0n) is 13.6. The predicted octanol–water partition coefficient (Wildman–Crippen LogP) is 1.45. The highest BCUT2D eigenvalue weighted by atomic mass is 15.3. The van der Waals surface area contributed by atoms with Crippen molar-refractivity contribution in [2.75, 3.05) is 32.7 Å². The average molecular weight is 311 g/mol. The number of nitrogens with zero attached hydrogens (tertiary/aromatic N) is 5. The monoisotopic (exact) mass is 311 g/mol. The Hall–Kier alpha value is -1.72. The van der Waals surface area contributed by atoms with Gasteiger partial charge in [0.05, 0.1) is 6.54 Å². The first-order chi connectivity index (χ1) is 11.4. The first-order valence-corrected chi connectivity index (χ1v) is 8.74. The van der Waals surface area contributed by atoms with E-state index >= 15 is 0 Å². The summed E-state index contributed by atoms with van der Waals surface area (Å²) < 4.78 is 1.92. The lowest BCUT2D eigenvalue weighted by Crippen LogP contribution is -2.52. The molecule has 0 radical (unpaired) electrons. The molecule has 1 fully saturated rings. The van der Waals surface area contributed by atoms with Gasteiger partial charge in [-0.05, 0) is 30.4 Å². The Kier molecular flexibility index (Phi) is 4.39. The first-order valence-electron chi connectivity index (χ1n) is 8.74. The molecular formula is C18H25N5. The van der Waals surface area contributed by atoms with Gasteiger partial charge in [0.25, 0.3) is 0 Å². The summed E-state index contributed by atoms with van der Waals surface area (Å²) in [6, 6.07) is 9.71. The highest BCUT2D eigenvalue weighted by Gasteiger charge is 2.26. The van der Waals surface area contributed by atoms with Gasteiger partial charge in [-0.2, -0.15) is 5.10 Å². The molecule has 1 aromatic heterocycles. The van der Waals surface area contributed by atoms with Crippen LogP contribution in [0.25, 0.3) is 0 Å². The topological polar surface area (TPSA) is 37.2 Å². The molecule has 2 heterocycles. The van der Waals surface area contributed by atoms with Gasteiger partial charge >= 0.3 is 0 Å². The Bertz CT molecular complexity index is 616. The molecule has 1 unspecified atom stereocenters. The summed E-state index contributed by atoms with van der Waals surface area (Å²) in [4.78, 5) is 9.26. The van der Waals surface area contributed by atoms with E-state index in [-0.39, 0.29) is 0 Å². The van der Waals surface area contributed by atoms with Crippen LogP contribution >= 0.6 is 0 Å². The maximum absolute atomic E-state index is 4.18. The molecule has 0 N–H and O–H groups in total. The molecule has 5 nitrogen and oxygen atoms in total. The van der Waals surface area contributed by atoms with Crippen molar-refractivity contribution in [1.29, 1.82) is 0 Å². The van der Waals surface area contributed by atoms with Crippen LogP contribution < -0.4 is 0 Å². The zero-order valence-corrected chi connectivity index (χ0v) is 13.6. The summed E-state index contributed by atoms with van der Waals surface area (Å²) in [7, 11) is 0. The van der Waals surface area contributed by atoms with Gasteiger partial charge in [0, 0.05) is 38.8 Å². The highest BCUT2D eigenvalue weighted by Crippen LogP contribution is 2.25. The van der Waals surface area contributed by atoms with Crippen LogP contribution in [-0.4, -0.2) is 63.3 Å². The smallest absolute Gasteiger partial charge is 0.137 e. The summed E-state index contributed by atoms with van der Waals surface area (Å²) in [5, 5.41) is 4.18. The summed E-state index contributed by atoms with van der Waals surface area (Å²) >= 11 is 0. The minimum absolute atomic E-state index is 0.738. The molecule has 1 saturated heterocycles. The van der Waals surface area contributed by atoms with Gasteiger partial charge in [0.2, 0.25) is 0 Å². The lowest BCUT2D eigenvalue weighted by Gasteiger charge is -2.41. The average Bonchev–Trinajstić information content (AvgIpc) is 3.14. The highest BCUT2D eigenvalue weighted by molar-refractivity contribution is 5.30. The van der Waals surface area contributed by atoms with Gasteiger partial charge < -0.3 is 0 Å². The minimum Gasteiger partial charge on any atom is -0.299 e. The van der Waals surface area contributed by atoms with E-state index in [2.05, 4.69) is 44.1 Å². The summed E-state index contributed by atoms with van der Waals surface area (Å²) in [5.41, 5.74) is 3.13. The van der Waals surface area contributed by atoms with Crippen molar-refractivity contribution in [3.8, 4) is 0 Å². The number of piperazine rings is 1. The van der Waals surface area contributed by atoms with Crippen molar-refractivity contribution in [2.45, 2.75) is 31.8 Å². The third kappa shape index (κ3) is 3.46. The SMILES string of the molecule is c1ccc2c(c1)CCC(N1CCN(CCn3cncn3)CC1)C2. The van der Waals surface area contributed by atoms with E-state index in [0.717, 1.165) is 19.1 Å². The molecule has 1 aliphatic carbocycles. The Labute approximate surface area is 137 Å². The number of fused-ring (bicyclic) bond motifs is 1. The number of aromatic nitrogens is 3. The van der Waals surface area contributed by atoms with Crippen LogP contribution in [0.5, 0.6) is 0 Å². The molecule has 122 valence electrons. The number of hydrogen-bond donors (Lipinski definition) is 0. The molecule has 1 aliphatic heterocycles. The zero-order chi connectivity index (χ0) is 15.5. The molecule has 2 aromatic rings. The third-order valence-electron chi connectivity index (χ3n) is 5.36. The van der Waals surface area contributed by atoms with E-state index in [0.29, 0.717) is 0 Å². The third-order valence-corrected chi connectivity index (χ3v) is 5.36. The maximum atomic E-state index is 4.18. The molecule has 1 atom stereocenters. The molecule has 0 spiro atoms. The van der Waals surface area contributed by atoms with Crippen molar-refractivity contribution in [3.05, 3.63) is 48.0 Å². The van der Waals surface area contributed by atoms with E-state index in [1.54, 1.807) is 23.8 Å².